The van der Waals surface area contributed by atoms with Crippen LogP contribution in [0.4, 0.5) is 0 Å². The topological polar surface area (TPSA) is 47.9 Å². The number of fused-ring (bicyclic) bond motifs is 1. The molecule has 134 valence electrons. The van der Waals surface area contributed by atoms with Gasteiger partial charge in [0.2, 0.25) is 12.9 Å². The summed E-state index contributed by atoms with van der Waals surface area (Å²) in [5, 5.41) is 0. The molecule has 0 aliphatic carbocycles. The molecule has 0 N–H and O–H groups in total. The minimum Gasteiger partial charge on any atom is -0.454 e. The molecule has 1 aliphatic heterocycles. The van der Waals surface area contributed by atoms with Gasteiger partial charge in [-0.1, -0.05) is 66.7 Å². The quantitative estimate of drug-likeness (QED) is 0.476. The summed E-state index contributed by atoms with van der Waals surface area (Å²) < 4.78 is 11.0. The fraction of sp³-hybridized carbons (Fsp3) is 0.174. The normalized spacial score (nSPS) is 13.2. The van der Waals surface area contributed by atoms with E-state index in [1.165, 1.54) is 11.1 Å². The zero-order valence-corrected chi connectivity index (χ0v) is 14.7. The summed E-state index contributed by atoms with van der Waals surface area (Å²) in [6, 6.07) is 26.5. The largest absolute Gasteiger partial charge is 0.454 e. The van der Waals surface area contributed by atoms with Crippen LogP contribution >= 0.6 is 0 Å². The van der Waals surface area contributed by atoms with Crippen molar-refractivity contribution in [3.63, 3.8) is 0 Å². The molecular weight excluding hydrogens is 338 g/mol. The Labute approximate surface area is 158 Å². The molecule has 1 atom stereocenters. The molecule has 0 radical (unpaired) electrons. The van der Waals surface area contributed by atoms with E-state index >= 15 is 0 Å². The van der Waals surface area contributed by atoms with Crippen LogP contribution in [-0.2, 0) is 4.79 Å². The number of hydrogen-bond acceptors (Lipinski definition) is 4. The average Bonchev–Trinajstić information content (AvgIpc) is 3.20. The molecule has 0 aromatic heterocycles. The lowest BCUT2D eigenvalue weighted by atomic mass is 9.77. The molecule has 1 heterocycles. The van der Waals surface area contributed by atoms with E-state index in [1.54, 1.807) is 6.08 Å². The van der Waals surface area contributed by atoms with Gasteiger partial charge < -0.3 is 9.47 Å². The number of aliphatic imine (C=N–C) groups is 1. The van der Waals surface area contributed by atoms with Gasteiger partial charge >= 0.3 is 0 Å². The molecule has 0 bridgehead atoms. The van der Waals surface area contributed by atoms with E-state index in [0.717, 1.165) is 17.1 Å². The van der Waals surface area contributed by atoms with Gasteiger partial charge in [0.25, 0.3) is 0 Å². The number of ether oxygens (including phenoxy) is 2. The first kappa shape index (κ1) is 17.1. The minimum absolute atomic E-state index is 0.0363. The molecule has 4 nitrogen and oxygen atoms in total. The van der Waals surface area contributed by atoms with Crippen molar-refractivity contribution in [3.8, 4) is 11.5 Å². The Morgan fingerprint density at radius 1 is 0.815 bits per heavy atom. The van der Waals surface area contributed by atoms with Crippen LogP contribution in [-0.4, -0.2) is 19.4 Å². The maximum absolute atomic E-state index is 10.9. The van der Waals surface area contributed by atoms with Crippen molar-refractivity contribution >= 4 is 6.08 Å². The van der Waals surface area contributed by atoms with Gasteiger partial charge in [-0.05, 0) is 28.8 Å². The van der Waals surface area contributed by atoms with Crippen molar-refractivity contribution in [2.75, 3.05) is 13.3 Å². The third-order valence-corrected chi connectivity index (χ3v) is 4.90. The van der Waals surface area contributed by atoms with E-state index in [9.17, 15) is 4.79 Å². The third kappa shape index (κ3) is 3.62. The van der Waals surface area contributed by atoms with Crippen molar-refractivity contribution in [2.45, 2.75) is 11.8 Å². The van der Waals surface area contributed by atoms with E-state index in [4.69, 9.17) is 9.47 Å². The van der Waals surface area contributed by atoms with Crippen molar-refractivity contribution in [1.82, 2.24) is 0 Å². The Morgan fingerprint density at radius 2 is 1.44 bits per heavy atom. The maximum Gasteiger partial charge on any atom is 0.234 e. The number of carbonyl (C=O) groups excluding carboxylic acids is 1. The monoisotopic (exact) mass is 357 g/mol. The first-order valence-electron chi connectivity index (χ1n) is 8.90. The van der Waals surface area contributed by atoms with Crippen LogP contribution in [0.3, 0.4) is 0 Å². The van der Waals surface area contributed by atoms with Gasteiger partial charge in [0.05, 0.1) is 6.54 Å². The number of benzene rings is 3. The van der Waals surface area contributed by atoms with Crippen molar-refractivity contribution in [3.05, 3.63) is 95.6 Å². The molecule has 1 unspecified atom stereocenters. The Morgan fingerprint density at radius 3 is 2.07 bits per heavy atom. The van der Waals surface area contributed by atoms with Crippen molar-refractivity contribution in [1.29, 1.82) is 0 Å². The second kappa shape index (κ2) is 7.90. The lowest BCUT2D eigenvalue weighted by Gasteiger charge is -2.27. The summed E-state index contributed by atoms with van der Waals surface area (Å²) in [6.45, 7) is 0.578. The summed E-state index contributed by atoms with van der Waals surface area (Å²) in [7, 11) is 0. The Balaban J connectivity index is 1.83. The lowest BCUT2D eigenvalue weighted by Crippen LogP contribution is -2.16. The van der Waals surface area contributed by atoms with Crippen LogP contribution in [0.2, 0.25) is 0 Å². The summed E-state index contributed by atoms with van der Waals surface area (Å²) in [4.78, 5) is 14.8. The number of hydrogen-bond donors (Lipinski definition) is 0. The molecule has 0 fully saturated rings. The zero-order chi connectivity index (χ0) is 18.5. The number of rotatable bonds is 6. The molecule has 4 heteroatoms. The van der Waals surface area contributed by atoms with Crippen LogP contribution in [0.5, 0.6) is 11.5 Å². The molecule has 0 spiro atoms. The van der Waals surface area contributed by atoms with Gasteiger partial charge in [-0.3, -0.25) is 0 Å². The van der Waals surface area contributed by atoms with Gasteiger partial charge in [-0.25, -0.2) is 9.79 Å². The van der Waals surface area contributed by atoms with Gasteiger partial charge in [-0.2, -0.15) is 0 Å². The lowest BCUT2D eigenvalue weighted by molar-refractivity contribution is 0.174. The molecule has 0 saturated heterocycles. The van der Waals surface area contributed by atoms with E-state index in [-0.39, 0.29) is 18.6 Å². The van der Waals surface area contributed by atoms with E-state index in [2.05, 4.69) is 29.3 Å². The van der Waals surface area contributed by atoms with Crippen molar-refractivity contribution < 1.29 is 14.3 Å². The average molecular weight is 357 g/mol. The first-order chi connectivity index (χ1) is 13.4. The molecule has 27 heavy (non-hydrogen) atoms. The van der Waals surface area contributed by atoms with Crippen LogP contribution in [0.1, 0.15) is 28.5 Å². The highest BCUT2D eigenvalue weighted by Gasteiger charge is 2.28. The molecule has 0 saturated carbocycles. The molecule has 1 aliphatic rings. The highest BCUT2D eigenvalue weighted by Crippen LogP contribution is 2.42. The zero-order valence-electron chi connectivity index (χ0n) is 14.7. The molecule has 3 aromatic carbocycles. The SMILES string of the molecule is O=C=NCC(c1ccc2c(c1)OCO2)C(c1ccccc1)c1ccccc1. The standard InChI is InChI=1S/C23H19NO3/c25-15-24-14-20(19-11-12-21-22(13-19)27-16-26-21)23(17-7-3-1-4-8-17)18-9-5-2-6-10-18/h1-13,20,23H,14,16H2. The Kier molecular flexibility index (Phi) is 4.99. The Bertz CT molecular complexity index is 910. The van der Waals surface area contributed by atoms with Crippen LogP contribution in [0.25, 0.3) is 0 Å². The fourth-order valence-corrected chi connectivity index (χ4v) is 3.66. The summed E-state index contributed by atoms with van der Waals surface area (Å²) in [6.07, 6.45) is 1.70. The Hall–Kier alpha value is -3.36. The summed E-state index contributed by atoms with van der Waals surface area (Å²) in [5.74, 6) is 1.48. The molecular formula is C23H19NO3. The smallest absolute Gasteiger partial charge is 0.234 e. The molecule has 3 aromatic rings. The minimum atomic E-state index is -0.0363. The number of nitrogens with zero attached hydrogens (tertiary/aromatic N) is 1. The van der Waals surface area contributed by atoms with Crippen LogP contribution < -0.4 is 9.47 Å². The van der Waals surface area contributed by atoms with Crippen LogP contribution in [0.15, 0.2) is 83.9 Å². The number of isocyanates is 1. The van der Waals surface area contributed by atoms with Gasteiger partial charge in [0, 0.05) is 11.8 Å². The van der Waals surface area contributed by atoms with Gasteiger partial charge in [0.1, 0.15) is 0 Å². The summed E-state index contributed by atoms with van der Waals surface area (Å²) >= 11 is 0. The summed E-state index contributed by atoms with van der Waals surface area (Å²) in [5.41, 5.74) is 3.40. The molecule has 4 rings (SSSR count). The predicted octanol–water partition coefficient (Wildman–Crippen LogP) is 4.67. The van der Waals surface area contributed by atoms with Crippen molar-refractivity contribution in [2.24, 2.45) is 4.99 Å². The maximum atomic E-state index is 10.9. The highest BCUT2D eigenvalue weighted by atomic mass is 16.7. The van der Waals surface area contributed by atoms with Crippen LogP contribution in [0, 0.1) is 0 Å². The van der Waals surface area contributed by atoms with E-state index < -0.39 is 0 Å². The molecule has 0 amide bonds. The second-order valence-electron chi connectivity index (χ2n) is 6.45. The first-order valence-corrected chi connectivity index (χ1v) is 8.90. The predicted molar refractivity (Wildman–Crippen MR) is 103 cm³/mol. The fourth-order valence-electron chi connectivity index (χ4n) is 3.66. The van der Waals surface area contributed by atoms with E-state index in [0.29, 0.717) is 6.54 Å². The highest BCUT2D eigenvalue weighted by molar-refractivity contribution is 5.48. The second-order valence-corrected chi connectivity index (χ2v) is 6.45. The third-order valence-electron chi connectivity index (χ3n) is 4.90. The van der Waals surface area contributed by atoms with Gasteiger partial charge in [0.15, 0.2) is 11.5 Å². The van der Waals surface area contributed by atoms with Gasteiger partial charge in [-0.15, -0.1) is 0 Å². The van der Waals surface area contributed by atoms with E-state index in [1.807, 2.05) is 54.6 Å².